The van der Waals surface area contributed by atoms with Gasteiger partial charge in [-0.15, -0.1) is 0 Å². The van der Waals surface area contributed by atoms with Crippen molar-refractivity contribution in [1.29, 1.82) is 0 Å². The van der Waals surface area contributed by atoms with E-state index in [9.17, 15) is 20.2 Å². The van der Waals surface area contributed by atoms with Crippen molar-refractivity contribution in [3.8, 4) is 0 Å². The zero-order valence-corrected chi connectivity index (χ0v) is 33.3. The lowest BCUT2D eigenvalue weighted by atomic mass is 10.2. The van der Waals surface area contributed by atoms with Crippen molar-refractivity contribution >= 4 is 33.0 Å². The summed E-state index contributed by atoms with van der Waals surface area (Å²) in [6, 6.07) is 3.43. The van der Waals surface area contributed by atoms with E-state index in [1.807, 2.05) is 0 Å². The Balaban J connectivity index is 1.69. The number of hydrogen-bond acceptors (Lipinski definition) is 18. The Bertz CT molecular complexity index is 1040. The third kappa shape index (κ3) is 33.6. The maximum Gasteiger partial charge on any atom is 0.299 e. The predicted octanol–water partition coefficient (Wildman–Crippen LogP) is 2.53. The molecule has 1 aromatic rings. The number of benzene rings is 1. The van der Waals surface area contributed by atoms with E-state index < -0.39 is 9.85 Å². The minimum Gasteiger partial charge on any atom is -0.378 e. The molecule has 0 fully saturated rings. The fraction of sp³-hybridized carbons (Fsp3) is 0.824. The summed E-state index contributed by atoms with van der Waals surface area (Å²) in [6.45, 7) is 12.6. The van der Waals surface area contributed by atoms with Crippen molar-refractivity contribution in [3.63, 3.8) is 0 Å². The first kappa shape index (κ1) is 50.8. The van der Waals surface area contributed by atoms with Gasteiger partial charge in [0, 0.05) is 17.9 Å². The number of anilines is 1. The first-order valence-corrected chi connectivity index (χ1v) is 19.4. The van der Waals surface area contributed by atoms with Gasteiger partial charge < -0.3 is 66.9 Å². The van der Waals surface area contributed by atoms with E-state index in [1.54, 1.807) is 0 Å². The maximum atomic E-state index is 11.2. The molecule has 0 bridgehead atoms. The average molecular weight is 863 g/mol. The summed E-state index contributed by atoms with van der Waals surface area (Å²) in [5.74, 6) is 0. The van der Waals surface area contributed by atoms with Gasteiger partial charge >= 0.3 is 0 Å². The quantitative estimate of drug-likeness (QED) is 0.0431. The smallest absolute Gasteiger partial charge is 0.299 e. The van der Waals surface area contributed by atoms with Gasteiger partial charge in [-0.1, -0.05) is 15.9 Å². The first-order valence-electron chi connectivity index (χ1n) is 18.3. The number of ether oxygens (including phenoxy) is 13. The lowest BCUT2D eigenvalue weighted by Crippen LogP contribution is -2.16. The second-order valence-electron chi connectivity index (χ2n) is 10.8. The Hall–Kier alpha value is -2.22. The molecule has 320 valence electrons. The predicted molar refractivity (Wildman–Crippen MR) is 203 cm³/mol. The van der Waals surface area contributed by atoms with Crippen molar-refractivity contribution in [2.45, 2.75) is 0 Å². The number of hydrogen-bond donors (Lipinski definition) is 1. The summed E-state index contributed by atoms with van der Waals surface area (Å²) in [7, 11) is 0. The van der Waals surface area contributed by atoms with Crippen LogP contribution in [0.25, 0.3) is 0 Å². The third-order valence-corrected chi connectivity index (χ3v) is 6.96. The summed E-state index contributed by atoms with van der Waals surface area (Å²) in [6.07, 6.45) is 0. The molecule has 55 heavy (non-hydrogen) atoms. The Morgan fingerprint density at radius 2 is 0.691 bits per heavy atom. The van der Waals surface area contributed by atoms with Gasteiger partial charge in [0.15, 0.2) is 0 Å². The number of nitro benzene ring substituents is 2. The molecular formula is C34H60BrN3O17. The SMILES string of the molecule is O=[N+]([O-])c1ccc(NCCOCCOCCOCCOCCOCCOCCOCCOCCOCCOCCOCCOCCOCCBr)c([N+](=O)[O-])c1. The fourth-order valence-electron chi connectivity index (χ4n) is 3.99. The van der Waals surface area contributed by atoms with Crippen LogP contribution in [0.4, 0.5) is 17.1 Å². The number of nitro groups is 2. The molecule has 0 spiro atoms. The summed E-state index contributed by atoms with van der Waals surface area (Å²) in [5.41, 5.74) is -0.531. The Kier molecular flexibility index (Phi) is 36.9. The van der Waals surface area contributed by atoms with E-state index in [2.05, 4.69) is 21.2 Å². The molecular weight excluding hydrogens is 802 g/mol. The minimum absolute atomic E-state index is 0.184. The molecule has 1 aromatic carbocycles. The molecule has 0 aromatic heterocycles. The topological polar surface area (TPSA) is 218 Å². The lowest BCUT2D eigenvalue weighted by molar-refractivity contribution is -0.393. The van der Waals surface area contributed by atoms with E-state index in [0.29, 0.717) is 165 Å². The van der Waals surface area contributed by atoms with Gasteiger partial charge in [0.25, 0.3) is 11.4 Å². The van der Waals surface area contributed by atoms with Gasteiger partial charge in [0.05, 0.1) is 188 Å². The van der Waals surface area contributed by atoms with Gasteiger partial charge in [-0.2, -0.15) is 0 Å². The Morgan fingerprint density at radius 1 is 0.418 bits per heavy atom. The number of halogens is 1. The van der Waals surface area contributed by atoms with Crippen LogP contribution >= 0.6 is 15.9 Å². The Morgan fingerprint density at radius 3 is 0.945 bits per heavy atom. The van der Waals surface area contributed by atoms with Crippen molar-refractivity contribution in [2.24, 2.45) is 0 Å². The maximum absolute atomic E-state index is 11.2. The number of alkyl halides is 1. The molecule has 0 heterocycles. The van der Waals surface area contributed by atoms with Crippen LogP contribution in [0.1, 0.15) is 0 Å². The molecule has 0 amide bonds. The van der Waals surface area contributed by atoms with Crippen LogP contribution in [0.2, 0.25) is 0 Å². The molecule has 21 heteroatoms. The highest BCUT2D eigenvalue weighted by Crippen LogP contribution is 2.28. The average Bonchev–Trinajstić information content (AvgIpc) is 3.18. The van der Waals surface area contributed by atoms with Crippen LogP contribution in [-0.2, 0) is 61.6 Å². The molecule has 0 unspecified atom stereocenters. The fourth-order valence-corrected chi connectivity index (χ4v) is 4.22. The monoisotopic (exact) mass is 861 g/mol. The molecule has 0 aliphatic rings. The van der Waals surface area contributed by atoms with Crippen LogP contribution in [0.5, 0.6) is 0 Å². The number of non-ortho nitro benzene ring substituents is 1. The highest BCUT2D eigenvalue weighted by molar-refractivity contribution is 9.09. The first-order chi connectivity index (χ1) is 27.1. The van der Waals surface area contributed by atoms with Gasteiger partial charge in [-0.25, -0.2) is 0 Å². The summed E-state index contributed by atoms with van der Waals surface area (Å²) >= 11 is 3.30. The minimum atomic E-state index is -0.682. The molecule has 0 aliphatic heterocycles. The van der Waals surface area contributed by atoms with Crippen LogP contribution < -0.4 is 5.32 Å². The zero-order valence-electron chi connectivity index (χ0n) is 31.7. The number of nitrogens with zero attached hydrogens (tertiary/aromatic N) is 2. The van der Waals surface area contributed by atoms with Crippen molar-refractivity contribution in [1.82, 2.24) is 0 Å². The normalized spacial score (nSPS) is 11.4. The molecule has 0 radical (unpaired) electrons. The Labute approximate surface area is 331 Å². The van der Waals surface area contributed by atoms with Gasteiger partial charge in [-0.05, 0) is 6.07 Å². The van der Waals surface area contributed by atoms with Crippen molar-refractivity contribution in [2.75, 3.05) is 189 Å². The van der Waals surface area contributed by atoms with Gasteiger partial charge in [-0.3, -0.25) is 20.2 Å². The lowest BCUT2D eigenvalue weighted by Gasteiger charge is -2.09. The summed E-state index contributed by atoms with van der Waals surface area (Å²) in [4.78, 5) is 20.6. The number of nitrogens with one attached hydrogen (secondary N) is 1. The molecule has 0 saturated carbocycles. The van der Waals surface area contributed by atoms with Crippen LogP contribution in [-0.4, -0.2) is 194 Å². The second-order valence-corrected chi connectivity index (χ2v) is 11.6. The van der Waals surface area contributed by atoms with E-state index in [1.165, 1.54) is 12.1 Å². The molecule has 0 aliphatic carbocycles. The molecule has 1 rings (SSSR count). The zero-order chi connectivity index (χ0) is 39.7. The third-order valence-electron chi connectivity index (χ3n) is 6.64. The highest BCUT2D eigenvalue weighted by atomic mass is 79.9. The van der Waals surface area contributed by atoms with Crippen LogP contribution in [0.15, 0.2) is 18.2 Å². The number of rotatable bonds is 44. The molecule has 20 nitrogen and oxygen atoms in total. The molecule has 1 N–H and O–H groups in total. The van der Waals surface area contributed by atoms with Crippen LogP contribution in [0.3, 0.4) is 0 Å². The molecule has 0 saturated heterocycles. The second kappa shape index (κ2) is 40.0. The van der Waals surface area contributed by atoms with Crippen molar-refractivity contribution < 1.29 is 71.4 Å². The van der Waals surface area contributed by atoms with E-state index >= 15 is 0 Å². The standard InChI is InChI=1S/C34H60BrN3O17/c35-3-5-43-7-9-45-11-13-47-15-17-49-19-21-51-23-25-53-27-29-55-30-28-54-26-24-52-22-20-50-18-16-48-14-12-46-10-8-44-6-4-36-33-2-1-32(37(39)40)31-34(33)38(41)42/h1-2,31,36H,3-30H2. The van der Waals surface area contributed by atoms with Gasteiger partial charge in [0.1, 0.15) is 5.69 Å². The van der Waals surface area contributed by atoms with E-state index in [0.717, 1.165) is 11.4 Å². The largest absolute Gasteiger partial charge is 0.378 e. The van der Waals surface area contributed by atoms with Crippen molar-refractivity contribution in [3.05, 3.63) is 38.4 Å². The highest BCUT2D eigenvalue weighted by Gasteiger charge is 2.19. The van der Waals surface area contributed by atoms with E-state index in [-0.39, 0.29) is 30.2 Å². The summed E-state index contributed by atoms with van der Waals surface area (Å²) < 4.78 is 70.7. The summed E-state index contributed by atoms with van der Waals surface area (Å²) in [5, 5.41) is 25.6. The van der Waals surface area contributed by atoms with E-state index in [4.69, 9.17) is 61.6 Å². The molecule has 0 atom stereocenters. The van der Waals surface area contributed by atoms with Crippen LogP contribution in [0, 0.1) is 20.2 Å². The van der Waals surface area contributed by atoms with Gasteiger partial charge in [0.2, 0.25) is 0 Å².